The summed E-state index contributed by atoms with van der Waals surface area (Å²) in [6, 6.07) is 8.01. The van der Waals surface area contributed by atoms with Gasteiger partial charge in [-0.25, -0.2) is 4.98 Å². The molecule has 0 radical (unpaired) electrons. The summed E-state index contributed by atoms with van der Waals surface area (Å²) in [5, 5.41) is 10.7. The lowest BCUT2D eigenvalue weighted by Crippen LogP contribution is -2.36. The maximum Gasteiger partial charge on any atom is 0.191 e. The number of aliphatic imine (C=N–C) groups is 1. The van der Waals surface area contributed by atoms with Crippen LogP contribution in [0.15, 0.2) is 33.8 Å². The highest BCUT2D eigenvalue weighted by Crippen LogP contribution is 2.22. The number of hydrogen-bond donors (Lipinski definition) is 2. The zero-order valence-electron chi connectivity index (χ0n) is 16.4. The molecular formula is C19H30N6O. The van der Waals surface area contributed by atoms with E-state index in [1.54, 1.807) is 7.05 Å². The lowest BCUT2D eigenvalue weighted by molar-refractivity contribution is 0.368. The lowest BCUT2D eigenvalue weighted by atomic mass is 9.99. The van der Waals surface area contributed by atoms with Crippen molar-refractivity contribution in [3.8, 4) is 0 Å². The number of aromatic nitrogens is 2. The molecule has 0 amide bonds. The van der Waals surface area contributed by atoms with E-state index in [0.29, 0.717) is 25.0 Å². The largest absolute Gasteiger partial charge is 0.363 e. The van der Waals surface area contributed by atoms with Crippen molar-refractivity contribution in [2.75, 3.05) is 26.0 Å². The molecule has 0 fully saturated rings. The minimum Gasteiger partial charge on any atom is -0.363 e. The third-order valence-corrected chi connectivity index (χ3v) is 4.32. The van der Waals surface area contributed by atoms with E-state index < -0.39 is 0 Å². The minimum atomic E-state index is 0.458. The van der Waals surface area contributed by atoms with Crippen molar-refractivity contribution in [2.45, 2.75) is 45.7 Å². The zero-order valence-corrected chi connectivity index (χ0v) is 16.4. The van der Waals surface area contributed by atoms with Crippen LogP contribution in [0.25, 0.3) is 0 Å². The van der Waals surface area contributed by atoms with Crippen molar-refractivity contribution in [2.24, 2.45) is 4.99 Å². The van der Waals surface area contributed by atoms with Gasteiger partial charge in [0.05, 0.1) is 24.5 Å². The SMILES string of the molecule is CCC(CC)c1cc(CNC(=NC)NCc2cccc(N(C)C)n2)on1. The second kappa shape index (κ2) is 9.79. The monoisotopic (exact) mass is 358 g/mol. The molecule has 0 aliphatic rings. The summed E-state index contributed by atoms with van der Waals surface area (Å²) >= 11 is 0. The van der Waals surface area contributed by atoms with E-state index in [2.05, 4.69) is 39.6 Å². The van der Waals surface area contributed by atoms with Crippen LogP contribution in [0.3, 0.4) is 0 Å². The highest BCUT2D eigenvalue weighted by molar-refractivity contribution is 5.79. The Bertz CT molecular complexity index is 706. The Labute approximate surface area is 155 Å². The lowest BCUT2D eigenvalue weighted by Gasteiger charge is -2.14. The predicted octanol–water partition coefficient (Wildman–Crippen LogP) is 2.90. The molecule has 26 heavy (non-hydrogen) atoms. The molecular weight excluding hydrogens is 328 g/mol. The second-order valence-electron chi connectivity index (χ2n) is 6.39. The van der Waals surface area contributed by atoms with Gasteiger partial charge < -0.3 is 20.1 Å². The zero-order chi connectivity index (χ0) is 18.9. The van der Waals surface area contributed by atoms with Gasteiger partial charge in [-0.05, 0) is 25.0 Å². The van der Waals surface area contributed by atoms with E-state index in [9.17, 15) is 0 Å². The summed E-state index contributed by atoms with van der Waals surface area (Å²) in [5.41, 5.74) is 1.98. The van der Waals surface area contributed by atoms with Gasteiger partial charge in [0.1, 0.15) is 5.82 Å². The van der Waals surface area contributed by atoms with Crippen molar-refractivity contribution < 1.29 is 4.52 Å². The summed E-state index contributed by atoms with van der Waals surface area (Å²) < 4.78 is 5.44. The Hall–Kier alpha value is -2.57. The van der Waals surface area contributed by atoms with Crippen LogP contribution in [0.5, 0.6) is 0 Å². The topological polar surface area (TPSA) is 78.6 Å². The summed E-state index contributed by atoms with van der Waals surface area (Å²) in [7, 11) is 5.70. The van der Waals surface area contributed by atoms with Crippen molar-refractivity contribution in [3.05, 3.63) is 41.4 Å². The Morgan fingerprint density at radius 2 is 1.92 bits per heavy atom. The minimum absolute atomic E-state index is 0.458. The highest BCUT2D eigenvalue weighted by Gasteiger charge is 2.13. The fourth-order valence-electron chi connectivity index (χ4n) is 2.69. The number of rotatable bonds is 8. The second-order valence-corrected chi connectivity index (χ2v) is 6.39. The Morgan fingerprint density at radius 3 is 2.58 bits per heavy atom. The van der Waals surface area contributed by atoms with Gasteiger partial charge in [-0.3, -0.25) is 4.99 Å². The number of nitrogens with one attached hydrogen (secondary N) is 2. The first-order chi connectivity index (χ1) is 12.6. The molecule has 0 saturated heterocycles. The van der Waals surface area contributed by atoms with Crippen molar-refractivity contribution in [3.63, 3.8) is 0 Å². The van der Waals surface area contributed by atoms with Gasteiger partial charge in [0.15, 0.2) is 11.7 Å². The van der Waals surface area contributed by atoms with Crippen LogP contribution in [0.4, 0.5) is 5.82 Å². The van der Waals surface area contributed by atoms with E-state index >= 15 is 0 Å². The molecule has 0 aromatic carbocycles. The third kappa shape index (κ3) is 5.47. The molecule has 142 valence electrons. The molecule has 2 aromatic heterocycles. The number of anilines is 1. The predicted molar refractivity (Wildman–Crippen MR) is 105 cm³/mol. The van der Waals surface area contributed by atoms with Crippen LogP contribution in [0.1, 0.15) is 49.8 Å². The molecule has 7 nitrogen and oxygen atoms in total. The highest BCUT2D eigenvalue weighted by atomic mass is 16.5. The van der Waals surface area contributed by atoms with Crippen LogP contribution >= 0.6 is 0 Å². The maximum atomic E-state index is 5.44. The van der Waals surface area contributed by atoms with Crippen molar-refractivity contribution >= 4 is 11.8 Å². The molecule has 2 aromatic rings. The molecule has 0 saturated carbocycles. The molecule has 7 heteroatoms. The Balaban J connectivity index is 1.87. The first-order valence-electron chi connectivity index (χ1n) is 9.10. The molecule has 2 N–H and O–H groups in total. The standard InChI is InChI=1S/C19H30N6O/c1-6-14(7-2)17-11-16(26-24-17)13-22-19(20-3)21-12-15-9-8-10-18(23-15)25(4)5/h8-11,14H,6-7,12-13H2,1-5H3,(H2,20,21,22). The van der Waals surface area contributed by atoms with Gasteiger partial charge in [-0.1, -0.05) is 25.1 Å². The van der Waals surface area contributed by atoms with Crippen LogP contribution < -0.4 is 15.5 Å². The fourth-order valence-corrected chi connectivity index (χ4v) is 2.69. The number of hydrogen-bond acceptors (Lipinski definition) is 5. The Kier molecular flexibility index (Phi) is 7.44. The average molecular weight is 358 g/mol. The van der Waals surface area contributed by atoms with Crippen molar-refractivity contribution in [1.82, 2.24) is 20.8 Å². The van der Waals surface area contributed by atoms with Crippen LogP contribution in [-0.4, -0.2) is 37.2 Å². The van der Waals surface area contributed by atoms with Crippen LogP contribution in [-0.2, 0) is 13.1 Å². The van der Waals surface area contributed by atoms with Gasteiger partial charge in [0, 0.05) is 33.1 Å². The van der Waals surface area contributed by atoms with E-state index in [1.165, 1.54) is 0 Å². The van der Waals surface area contributed by atoms with E-state index in [0.717, 1.165) is 35.8 Å². The maximum absolute atomic E-state index is 5.44. The summed E-state index contributed by atoms with van der Waals surface area (Å²) in [6.45, 7) is 5.48. The molecule has 0 spiro atoms. The van der Waals surface area contributed by atoms with E-state index in [-0.39, 0.29) is 0 Å². The number of pyridine rings is 1. The summed E-state index contributed by atoms with van der Waals surface area (Å²) in [5.74, 6) is 2.90. The first kappa shape index (κ1) is 19.8. The van der Waals surface area contributed by atoms with Gasteiger partial charge in [0.2, 0.25) is 0 Å². The molecule has 0 atom stereocenters. The molecule has 0 unspecified atom stereocenters. The number of guanidine groups is 1. The molecule has 0 bridgehead atoms. The van der Waals surface area contributed by atoms with Crippen LogP contribution in [0.2, 0.25) is 0 Å². The van der Waals surface area contributed by atoms with Crippen molar-refractivity contribution in [1.29, 1.82) is 0 Å². The fraction of sp³-hybridized carbons (Fsp3) is 0.526. The Morgan fingerprint density at radius 1 is 1.19 bits per heavy atom. The quantitative estimate of drug-likeness (QED) is 0.558. The van der Waals surface area contributed by atoms with Crippen LogP contribution in [0, 0.1) is 0 Å². The van der Waals surface area contributed by atoms with E-state index in [1.807, 2.05) is 43.3 Å². The van der Waals surface area contributed by atoms with Gasteiger partial charge >= 0.3 is 0 Å². The molecule has 0 aliphatic heterocycles. The molecule has 0 aliphatic carbocycles. The normalized spacial score (nSPS) is 11.7. The summed E-state index contributed by atoms with van der Waals surface area (Å²) in [6.07, 6.45) is 2.14. The first-order valence-corrected chi connectivity index (χ1v) is 9.10. The van der Waals surface area contributed by atoms with Gasteiger partial charge in [-0.15, -0.1) is 0 Å². The average Bonchev–Trinajstić information content (AvgIpc) is 3.12. The van der Waals surface area contributed by atoms with Gasteiger partial charge in [0.25, 0.3) is 0 Å². The number of nitrogens with zero attached hydrogens (tertiary/aromatic N) is 4. The van der Waals surface area contributed by atoms with Gasteiger partial charge in [-0.2, -0.15) is 0 Å². The molecule has 2 rings (SSSR count). The van der Waals surface area contributed by atoms with E-state index in [4.69, 9.17) is 4.52 Å². The third-order valence-electron chi connectivity index (χ3n) is 4.32. The molecule has 2 heterocycles. The summed E-state index contributed by atoms with van der Waals surface area (Å²) in [4.78, 5) is 10.8. The smallest absolute Gasteiger partial charge is 0.191 e.